The van der Waals surface area contributed by atoms with Crippen molar-refractivity contribution in [1.82, 2.24) is 9.88 Å². The van der Waals surface area contributed by atoms with Crippen LogP contribution in [0.15, 0.2) is 36.4 Å². The summed E-state index contributed by atoms with van der Waals surface area (Å²) in [6.07, 6.45) is 0. The van der Waals surface area contributed by atoms with Crippen molar-refractivity contribution in [1.29, 1.82) is 5.26 Å². The van der Waals surface area contributed by atoms with E-state index >= 15 is 0 Å². The largest absolute Gasteiger partial charge is 0.354 e. The number of carbonyl (C=O) groups excluding carboxylic acids is 1. The predicted molar refractivity (Wildman–Crippen MR) is 97.8 cm³/mol. The number of aromatic nitrogens is 1. The molecule has 6 heteroatoms. The lowest BCUT2D eigenvalue weighted by molar-refractivity contribution is 0.102. The van der Waals surface area contributed by atoms with E-state index in [0.29, 0.717) is 16.9 Å². The summed E-state index contributed by atoms with van der Waals surface area (Å²) >= 11 is 0. The Morgan fingerprint density at radius 1 is 1.16 bits per heavy atom. The molecule has 0 atom stereocenters. The van der Waals surface area contributed by atoms with Crippen LogP contribution in [0.25, 0.3) is 0 Å². The van der Waals surface area contributed by atoms with Crippen molar-refractivity contribution in [3.8, 4) is 6.07 Å². The van der Waals surface area contributed by atoms with Crippen LogP contribution >= 0.6 is 0 Å². The van der Waals surface area contributed by atoms with Gasteiger partial charge in [-0.2, -0.15) is 5.26 Å². The van der Waals surface area contributed by atoms with Crippen molar-refractivity contribution in [3.63, 3.8) is 0 Å². The molecule has 6 nitrogen and oxygen atoms in total. The van der Waals surface area contributed by atoms with Crippen molar-refractivity contribution in [2.24, 2.45) is 0 Å². The van der Waals surface area contributed by atoms with E-state index in [4.69, 9.17) is 5.26 Å². The van der Waals surface area contributed by atoms with Gasteiger partial charge < -0.3 is 15.1 Å². The van der Waals surface area contributed by atoms with E-state index in [1.165, 1.54) is 0 Å². The molecule has 1 aliphatic rings. The summed E-state index contributed by atoms with van der Waals surface area (Å²) in [5.74, 6) is 1.08. The Balaban J connectivity index is 1.80. The molecule has 2 heterocycles. The highest BCUT2D eigenvalue weighted by molar-refractivity contribution is 6.05. The van der Waals surface area contributed by atoms with Gasteiger partial charge in [-0.1, -0.05) is 18.2 Å². The number of benzene rings is 1. The first-order valence-electron chi connectivity index (χ1n) is 8.30. The number of rotatable bonds is 3. The number of carbonyl (C=O) groups is 1. The molecule has 0 saturated carbocycles. The second-order valence-corrected chi connectivity index (χ2v) is 6.24. The minimum absolute atomic E-state index is 0.321. The third-order valence-corrected chi connectivity index (χ3v) is 4.41. The van der Waals surface area contributed by atoms with Crippen molar-refractivity contribution in [2.75, 3.05) is 43.4 Å². The summed E-state index contributed by atoms with van der Waals surface area (Å²) < 4.78 is 0. The second-order valence-electron chi connectivity index (χ2n) is 6.24. The first-order valence-corrected chi connectivity index (χ1v) is 8.30. The molecular weight excluding hydrogens is 314 g/mol. The summed E-state index contributed by atoms with van der Waals surface area (Å²) in [5, 5.41) is 12.0. The van der Waals surface area contributed by atoms with Crippen LogP contribution in [0, 0.1) is 18.3 Å². The molecule has 0 aliphatic carbocycles. The highest BCUT2D eigenvalue weighted by Crippen LogP contribution is 2.21. The zero-order valence-corrected chi connectivity index (χ0v) is 14.5. The Morgan fingerprint density at radius 3 is 2.60 bits per heavy atom. The van der Waals surface area contributed by atoms with E-state index in [-0.39, 0.29) is 5.91 Å². The molecular formula is C19H21N5O. The van der Waals surface area contributed by atoms with Crippen LogP contribution in [0.4, 0.5) is 11.6 Å². The number of aryl methyl sites for hydroxylation is 1. The van der Waals surface area contributed by atoms with Gasteiger partial charge in [0.25, 0.3) is 5.91 Å². The number of anilines is 2. The van der Waals surface area contributed by atoms with E-state index < -0.39 is 0 Å². The van der Waals surface area contributed by atoms with Crippen LogP contribution in [0.5, 0.6) is 0 Å². The van der Waals surface area contributed by atoms with Gasteiger partial charge >= 0.3 is 0 Å². The third-order valence-electron chi connectivity index (χ3n) is 4.41. The molecule has 1 fully saturated rings. The number of nitrogens with one attached hydrogen (secondary N) is 1. The number of piperazine rings is 1. The van der Waals surface area contributed by atoms with Gasteiger partial charge in [0.05, 0.1) is 17.2 Å². The number of amides is 1. The Labute approximate surface area is 147 Å². The smallest absolute Gasteiger partial charge is 0.258 e. The summed E-state index contributed by atoms with van der Waals surface area (Å²) in [7, 11) is 2.11. The molecule has 1 aromatic heterocycles. The molecule has 1 amide bonds. The summed E-state index contributed by atoms with van der Waals surface area (Å²) in [5.41, 5.74) is 1.79. The molecule has 1 aliphatic heterocycles. The molecule has 3 rings (SSSR count). The SMILES string of the molecule is Cc1ccc(NC(=O)c2ccccc2C#N)nc1N1CCN(C)CC1. The number of hydrogen-bond acceptors (Lipinski definition) is 5. The lowest BCUT2D eigenvalue weighted by Gasteiger charge is -2.34. The van der Waals surface area contributed by atoms with Gasteiger partial charge in [0.2, 0.25) is 0 Å². The molecule has 0 spiro atoms. The van der Waals surface area contributed by atoms with Crippen molar-refractivity contribution in [2.45, 2.75) is 6.92 Å². The van der Waals surface area contributed by atoms with Gasteiger partial charge in [-0.05, 0) is 37.7 Å². The quantitative estimate of drug-likeness (QED) is 0.931. The fourth-order valence-corrected chi connectivity index (χ4v) is 2.89. The number of likely N-dealkylation sites (N-methyl/N-ethyl adjacent to an activating group) is 1. The fourth-order valence-electron chi connectivity index (χ4n) is 2.89. The third kappa shape index (κ3) is 3.78. The normalized spacial score (nSPS) is 14.8. The molecule has 1 N–H and O–H groups in total. The van der Waals surface area contributed by atoms with Gasteiger partial charge in [-0.25, -0.2) is 4.98 Å². The van der Waals surface area contributed by atoms with Gasteiger partial charge in [0.1, 0.15) is 11.6 Å². The van der Waals surface area contributed by atoms with Gasteiger partial charge in [-0.3, -0.25) is 4.79 Å². The Bertz CT molecular complexity index is 819. The standard InChI is InChI=1S/C19H21N5O/c1-14-7-8-17(21-18(14)24-11-9-23(2)10-12-24)22-19(25)16-6-4-3-5-15(16)13-20/h3-8H,9-12H2,1-2H3,(H,21,22,25). The van der Waals surface area contributed by atoms with Gasteiger partial charge in [0.15, 0.2) is 0 Å². The van der Waals surface area contributed by atoms with E-state index in [9.17, 15) is 4.79 Å². The lowest BCUT2D eigenvalue weighted by atomic mass is 10.1. The minimum Gasteiger partial charge on any atom is -0.354 e. The van der Waals surface area contributed by atoms with Crippen molar-refractivity contribution >= 4 is 17.5 Å². The number of nitrogens with zero attached hydrogens (tertiary/aromatic N) is 4. The van der Waals surface area contributed by atoms with Crippen LogP contribution in [-0.2, 0) is 0 Å². The Hall–Kier alpha value is -2.91. The van der Waals surface area contributed by atoms with Crippen molar-refractivity contribution < 1.29 is 4.79 Å². The zero-order chi connectivity index (χ0) is 17.8. The van der Waals surface area contributed by atoms with E-state index in [2.05, 4.69) is 27.1 Å². The number of hydrogen-bond donors (Lipinski definition) is 1. The molecule has 0 radical (unpaired) electrons. The maximum atomic E-state index is 12.5. The maximum absolute atomic E-state index is 12.5. The Morgan fingerprint density at radius 2 is 1.88 bits per heavy atom. The second kappa shape index (κ2) is 7.32. The number of nitriles is 1. The summed E-state index contributed by atoms with van der Waals surface area (Å²) in [6, 6.07) is 12.6. The van der Waals surface area contributed by atoms with E-state index in [1.807, 2.05) is 19.1 Å². The van der Waals surface area contributed by atoms with Crippen molar-refractivity contribution in [3.05, 3.63) is 53.1 Å². The summed E-state index contributed by atoms with van der Waals surface area (Å²) in [6.45, 7) is 5.84. The van der Waals surface area contributed by atoms with Crippen LogP contribution in [0.2, 0.25) is 0 Å². The highest BCUT2D eigenvalue weighted by Gasteiger charge is 2.18. The molecule has 2 aromatic rings. The first-order chi connectivity index (χ1) is 12.1. The molecule has 25 heavy (non-hydrogen) atoms. The topological polar surface area (TPSA) is 72.3 Å². The molecule has 0 bridgehead atoms. The molecule has 1 aromatic carbocycles. The van der Waals surface area contributed by atoms with Crippen LogP contribution < -0.4 is 10.2 Å². The maximum Gasteiger partial charge on any atom is 0.258 e. The first kappa shape index (κ1) is 16.9. The van der Waals surface area contributed by atoms with Crippen LogP contribution in [0.1, 0.15) is 21.5 Å². The average Bonchev–Trinajstić information content (AvgIpc) is 2.64. The lowest BCUT2D eigenvalue weighted by Crippen LogP contribution is -2.45. The monoisotopic (exact) mass is 335 g/mol. The predicted octanol–water partition coefficient (Wildman–Crippen LogP) is 2.27. The van der Waals surface area contributed by atoms with Gasteiger partial charge in [-0.15, -0.1) is 0 Å². The zero-order valence-electron chi connectivity index (χ0n) is 14.5. The minimum atomic E-state index is -0.321. The molecule has 128 valence electrons. The van der Waals surface area contributed by atoms with Crippen LogP contribution in [-0.4, -0.2) is 49.0 Å². The van der Waals surface area contributed by atoms with E-state index in [0.717, 1.165) is 37.6 Å². The number of pyridine rings is 1. The highest BCUT2D eigenvalue weighted by atomic mass is 16.1. The fraction of sp³-hybridized carbons (Fsp3) is 0.316. The summed E-state index contributed by atoms with van der Waals surface area (Å²) in [4.78, 5) is 21.7. The average molecular weight is 335 g/mol. The van der Waals surface area contributed by atoms with Crippen LogP contribution in [0.3, 0.4) is 0 Å². The Kier molecular flexibility index (Phi) is 4.96. The molecule has 0 unspecified atom stereocenters. The molecule has 1 saturated heterocycles. The van der Waals surface area contributed by atoms with Gasteiger partial charge in [0, 0.05) is 26.2 Å². The van der Waals surface area contributed by atoms with E-state index in [1.54, 1.807) is 30.3 Å².